The summed E-state index contributed by atoms with van der Waals surface area (Å²) in [5.41, 5.74) is 0. The van der Waals surface area contributed by atoms with Gasteiger partial charge in [0.15, 0.2) is 0 Å². The molecule has 5 nitrogen and oxygen atoms in total. The number of carbonyl (C=O) groups is 1. The largest absolute Gasteiger partial charge is 0.348 e. The Hall–Kier alpha value is -0.650. The number of unbranched alkanes of at least 4 members (excludes halogenated alkanes) is 6. The molecule has 0 N–H and O–H groups in total. The van der Waals surface area contributed by atoms with Crippen LogP contribution in [0.3, 0.4) is 0 Å². The number of ether oxygens (including phenoxy) is 2. The maximum Gasteiger partial charge on any atom is 0.226 e. The summed E-state index contributed by atoms with van der Waals surface area (Å²) in [4.78, 5) is 16.7. The minimum absolute atomic E-state index is 0.00209. The fraction of sp³-hybridized carbons (Fsp3) is 0.947. The van der Waals surface area contributed by atoms with Gasteiger partial charge in [-0.05, 0) is 6.42 Å². The number of carbonyl (C=O) groups excluding carboxylic acids is 1. The van der Waals surface area contributed by atoms with Crippen molar-refractivity contribution in [3.05, 3.63) is 0 Å². The predicted octanol–water partition coefficient (Wildman–Crippen LogP) is 3.23. The standard InChI is InChI=1S/C19H36N2O3/c1-5-6-7-8-9-10-11-12-21-13-16-17(24-14-23-16)18(21)20(4)19(22)15(2)3/h15-18H,5-14H2,1-4H3. The van der Waals surface area contributed by atoms with E-state index in [4.69, 9.17) is 9.47 Å². The van der Waals surface area contributed by atoms with Crippen LogP contribution in [-0.2, 0) is 14.3 Å². The van der Waals surface area contributed by atoms with Gasteiger partial charge in [0.1, 0.15) is 25.2 Å². The third kappa shape index (κ3) is 4.93. The van der Waals surface area contributed by atoms with Gasteiger partial charge in [-0.3, -0.25) is 9.69 Å². The lowest BCUT2D eigenvalue weighted by atomic mass is 10.1. The third-order valence-electron chi connectivity index (χ3n) is 5.28. The number of likely N-dealkylation sites (tertiary alicyclic amines) is 1. The van der Waals surface area contributed by atoms with Gasteiger partial charge in [0, 0.05) is 26.1 Å². The van der Waals surface area contributed by atoms with Crippen LogP contribution in [-0.4, -0.2) is 61.0 Å². The second-order valence-electron chi connectivity index (χ2n) is 7.59. The molecule has 0 bridgehead atoms. The molecule has 0 aromatic carbocycles. The summed E-state index contributed by atoms with van der Waals surface area (Å²) in [5, 5.41) is 0. The van der Waals surface area contributed by atoms with Crippen LogP contribution in [0.1, 0.15) is 65.7 Å². The molecule has 2 aliphatic rings. The van der Waals surface area contributed by atoms with Gasteiger partial charge in [0.25, 0.3) is 0 Å². The molecular formula is C19H36N2O3. The minimum atomic E-state index is 0.00209. The summed E-state index contributed by atoms with van der Waals surface area (Å²) in [6.07, 6.45) is 9.28. The molecular weight excluding hydrogens is 304 g/mol. The van der Waals surface area contributed by atoms with Gasteiger partial charge in [-0.1, -0.05) is 59.3 Å². The lowest BCUT2D eigenvalue weighted by Gasteiger charge is -2.35. The number of amides is 1. The normalized spacial score (nSPS) is 27.0. The molecule has 0 radical (unpaired) electrons. The number of fused-ring (bicyclic) bond motifs is 1. The van der Waals surface area contributed by atoms with Crippen molar-refractivity contribution >= 4 is 5.91 Å². The molecule has 0 aliphatic carbocycles. The van der Waals surface area contributed by atoms with E-state index in [1.54, 1.807) is 0 Å². The van der Waals surface area contributed by atoms with Gasteiger partial charge in [0.2, 0.25) is 5.91 Å². The minimum Gasteiger partial charge on any atom is -0.348 e. The van der Waals surface area contributed by atoms with Crippen molar-refractivity contribution in [2.75, 3.05) is 26.9 Å². The highest BCUT2D eigenvalue weighted by molar-refractivity contribution is 5.78. The molecule has 3 unspecified atom stereocenters. The summed E-state index contributed by atoms with van der Waals surface area (Å²) < 4.78 is 11.5. The second-order valence-corrected chi connectivity index (χ2v) is 7.59. The van der Waals surface area contributed by atoms with Gasteiger partial charge in [-0.25, -0.2) is 0 Å². The van der Waals surface area contributed by atoms with E-state index in [1.807, 2.05) is 25.8 Å². The second kappa shape index (κ2) is 9.73. The van der Waals surface area contributed by atoms with E-state index in [0.717, 1.165) is 13.1 Å². The molecule has 3 atom stereocenters. The van der Waals surface area contributed by atoms with Crippen LogP contribution in [0.15, 0.2) is 0 Å². The Morgan fingerprint density at radius 3 is 2.46 bits per heavy atom. The zero-order chi connectivity index (χ0) is 17.5. The van der Waals surface area contributed by atoms with Gasteiger partial charge < -0.3 is 14.4 Å². The topological polar surface area (TPSA) is 42.0 Å². The lowest BCUT2D eigenvalue weighted by molar-refractivity contribution is -0.142. The first-order chi connectivity index (χ1) is 11.6. The van der Waals surface area contributed by atoms with Crippen LogP contribution < -0.4 is 0 Å². The molecule has 2 heterocycles. The van der Waals surface area contributed by atoms with Crippen molar-refractivity contribution in [2.45, 2.75) is 84.1 Å². The highest BCUT2D eigenvalue weighted by atomic mass is 16.7. The van der Waals surface area contributed by atoms with Crippen molar-refractivity contribution in [1.29, 1.82) is 0 Å². The quantitative estimate of drug-likeness (QED) is 0.573. The Bertz CT molecular complexity index is 389. The Balaban J connectivity index is 1.82. The lowest BCUT2D eigenvalue weighted by Crippen LogP contribution is -2.52. The van der Waals surface area contributed by atoms with Crippen LogP contribution in [0.25, 0.3) is 0 Å². The molecule has 5 heteroatoms. The van der Waals surface area contributed by atoms with Gasteiger partial charge >= 0.3 is 0 Å². The first-order valence-corrected chi connectivity index (χ1v) is 9.80. The summed E-state index contributed by atoms with van der Waals surface area (Å²) in [5.74, 6) is 0.192. The first-order valence-electron chi connectivity index (χ1n) is 9.80. The number of likely N-dealkylation sites (N-methyl/N-ethyl adjacent to an activating group) is 1. The molecule has 2 saturated heterocycles. The monoisotopic (exact) mass is 340 g/mol. The third-order valence-corrected chi connectivity index (χ3v) is 5.28. The molecule has 0 aromatic heterocycles. The van der Waals surface area contributed by atoms with E-state index < -0.39 is 0 Å². The number of hydrogen-bond donors (Lipinski definition) is 0. The fourth-order valence-electron chi connectivity index (χ4n) is 3.89. The number of nitrogens with zero attached hydrogens (tertiary/aromatic N) is 2. The summed E-state index contributed by atoms with van der Waals surface area (Å²) in [6.45, 7) is 8.43. The van der Waals surface area contributed by atoms with Crippen molar-refractivity contribution in [1.82, 2.24) is 9.80 Å². The van der Waals surface area contributed by atoms with Crippen LogP contribution in [0.2, 0.25) is 0 Å². The zero-order valence-corrected chi connectivity index (χ0v) is 16.0. The van der Waals surface area contributed by atoms with Crippen molar-refractivity contribution < 1.29 is 14.3 Å². The van der Waals surface area contributed by atoms with Gasteiger partial charge in [-0.15, -0.1) is 0 Å². The number of hydrogen-bond acceptors (Lipinski definition) is 4. The zero-order valence-electron chi connectivity index (χ0n) is 16.0. The molecule has 2 fully saturated rings. The molecule has 0 spiro atoms. The van der Waals surface area contributed by atoms with E-state index in [9.17, 15) is 4.79 Å². The number of rotatable bonds is 10. The summed E-state index contributed by atoms with van der Waals surface area (Å²) in [7, 11) is 1.91. The Morgan fingerprint density at radius 2 is 1.79 bits per heavy atom. The van der Waals surface area contributed by atoms with Crippen LogP contribution in [0, 0.1) is 5.92 Å². The van der Waals surface area contributed by atoms with Crippen molar-refractivity contribution in [2.24, 2.45) is 5.92 Å². The van der Waals surface area contributed by atoms with Crippen molar-refractivity contribution in [3.8, 4) is 0 Å². The average molecular weight is 341 g/mol. The van der Waals surface area contributed by atoms with E-state index >= 15 is 0 Å². The van der Waals surface area contributed by atoms with Crippen molar-refractivity contribution in [3.63, 3.8) is 0 Å². The highest BCUT2D eigenvalue weighted by Crippen LogP contribution is 2.31. The van der Waals surface area contributed by atoms with E-state index in [2.05, 4.69) is 11.8 Å². The van der Waals surface area contributed by atoms with E-state index in [1.165, 1.54) is 44.9 Å². The molecule has 0 saturated carbocycles. The maximum absolute atomic E-state index is 12.4. The summed E-state index contributed by atoms with van der Waals surface area (Å²) in [6, 6.07) is 0. The first kappa shape index (κ1) is 19.7. The van der Waals surface area contributed by atoms with E-state index in [-0.39, 0.29) is 30.2 Å². The Kier molecular flexibility index (Phi) is 7.98. The molecule has 2 aliphatic heterocycles. The average Bonchev–Trinajstić information content (AvgIpc) is 3.13. The molecule has 2 rings (SSSR count). The SMILES string of the molecule is CCCCCCCCCN1CC2OCOC2C1N(C)C(=O)C(C)C. The van der Waals surface area contributed by atoms with E-state index in [0.29, 0.717) is 6.79 Å². The van der Waals surface area contributed by atoms with Gasteiger partial charge in [0.05, 0.1) is 0 Å². The maximum atomic E-state index is 12.4. The van der Waals surface area contributed by atoms with Crippen LogP contribution in [0.5, 0.6) is 0 Å². The Morgan fingerprint density at radius 1 is 1.12 bits per heavy atom. The molecule has 24 heavy (non-hydrogen) atoms. The van der Waals surface area contributed by atoms with Crippen LogP contribution in [0.4, 0.5) is 0 Å². The van der Waals surface area contributed by atoms with Gasteiger partial charge in [-0.2, -0.15) is 0 Å². The predicted molar refractivity (Wildman–Crippen MR) is 95.6 cm³/mol. The van der Waals surface area contributed by atoms with Crippen LogP contribution >= 0.6 is 0 Å². The highest BCUT2D eigenvalue weighted by Gasteiger charge is 2.49. The summed E-state index contributed by atoms with van der Waals surface area (Å²) >= 11 is 0. The fourth-order valence-corrected chi connectivity index (χ4v) is 3.89. The Labute approximate surface area is 147 Å². The smallest absolute Gasteiger partial charge is 0.226 e. The molecule has 140 valence electrons. The molecule has 0 aromatic rings. The molecule has 1 amide bonds.